The number of amides is 1. The van der Waals surface area contributed by atoms with E-state index in [0.29, 0.717) is 17.7 Å². The Balaban J connectivity index is 2.25. The molecule has 2 aromatic rings. The number of nitrogens with one attached hydrogen (secondary N) is 1. The largest absolute Gasteiger partial charge is 0.480 e. The number of carbonyl (C=O) groups excluding carboxylic acids is 1. The Hall–Kier alpha value is -2.91. The van der Waals surface area contributed by atoms with Crippen LogP contribution in [0.5, 0.6) is 0 Å². The van der Waals surface area contributed by atoms with Gasteiger partial charge in [-0.2, -0.15) is 4.98 Å². The molecule has 1 amide bonds. The number of hydrogen-bond donors (Lipinski definition) is 2. The monoisotopic (exact) mass is 336 g/mol. The average Bonchev–Trinajstić information content (AvgIpc) is 2.84. The van der Waals surface area contributed by atoms with Crippen molar-refractivity contribution in [3.8, 4) is 0 Å². The molecule has 0 saturated carbocycles. The number of imidazole rings is 1. The molecule has 0 aromatic carbocycles. The molecule has 0 bridgehead atoms. The molecule has 2 aromatic heterocycles. The first kappa shape index (κ1) is 17.4. The van der Waals surface area contributed by atoms with Gasteiger partial charge in [-0.15, -0.1) is 0 Å². The Labute approximate surface area is 138 Å². The minimum Gasteiger partial charge on any atom is -0.480 e. The maximum absolute atomic E-state index is 11.9. The van der Waals surface area contributed by atoms with Gasteiger partial charge in [0, 0.05) is 6.54 Å². The Kier molecular flexibility index (Phi) is 4.86. The molecule has 0 aliphatic heterocycles. The highest BCUT2D eigenvalue weighted by atomic mass is 16.6. The van der Waals surface area contributed by atoms with Crippen molar-refractivity contribution in [2.75, 3.05) is 11.6 Å². The summed E-state index contributed by atoms with van der Waals surface area (Å²) in [5.74, 6) is -0.795. The lowest BCUT2D eigenvalue weighted by Gasteiger charge is -2.25. The number of carbonyl (C=O) groups is 2. The zero-order valence-corrected chi connectivity index (χ0v) is 14.0. The van der Waals surface area contributed by atoms with Crippen molar-refractivity contribution in [2.24, 2.45) is 0 Å². The van der Waals surface area contributed by atoms with Crippen molar-refractivity contribution in [3.05, 3.63) is 12.5 Å². The number of ether oxygens (including phenoxy) is 1. The second kappa shape index (κ2) is 6.69. The van der Waals surface area contributed by atoms with Gasteiger partial charge in [-0.1, -0.05) is 0 Å². The zero-order chi connectivity index (χ0) is 17.9. The lowest BCUT2D eigenvalue weighted by atomic mass is 10.2. The molecular weight excluding hydrogens is 316 g/mol. The van der Waals surface area contributed by atoms with E-state index in [2.05, 4.69) is 20.4 Å². The van der Waals surface area contributed by atoms with E-state index >= 15 is 0 Å². The minimum absolute atomic E-state index is 0.211. The van der Waals surface area contributed by atoms with Crippen molar-refractivity contribution in [1.29, 1.82) is 0 Å². The van der Waals surface area contributed by atoms with Crippen molar-refractivity contribution in [1.82, 2.24) is 24.9 Å². The van der Waals surface area contributed by atoms with Gasteiger partial charge in [-0.25, -0.2) is 25.2 Å². The first-order chi connectivity index (χ1) is 11.2. The maximum Gasteiger partial charge on any atom is 0.426 e. The molecule has 130 valence electrons. The van der Waals surface area contributed by atoms with Gasteiger partial charge in [0.25, 0.3) is 0 Å². The summed E-state index contributed by atoms with van der Waals surface area (Å²) in [7, 11) is 0. The van der Waals surface area contributed by atoms with Crippen molar-refractivity contribution in [2.45, 2.75) is 39.8 Å². The van der Waals surface area contributed by atoms with E-state index in [1.807, 2.05) is 0 Å². The third kappa shape index (κ3) is 4.31. The number of fused-ring (bicyclic) bond motifs is 1. The summed E-state index contributed by atoms with van der Waals surface area (Å²) in [4.78, 5) is 35.3. The summed E-state index contributed by atoms with van der Waals surface area (Å²) < 4.78 is 6.59. The summed E-state index contributed by atoms with van der Waals surface area (Å²) in [6.07, 6.45) is 2.22. The molecule has 0 fully saturated rings. The molecule has 2 N–H and O–H groups in total. The van der Waals surface area contributed by atoms with Crippen LogP contribution < -0.4 is 10.4 Å². The number of rotatable bonds is 5. The molecule has 0 radical (unpaired) electrons. The normalized spacial score (nSPS) is 11.3. The summed E-state index contributed by atoms with van der Waals surface area (Å²) in [6, 6.07) is 0. The van der Waals surface area contributed by atoms with Crippen LogP contribution in [0.25, 0.3) is 11.2 Å². The molecule has 2 rings (SSSR count). The Morgan fingerprint density at radius 1 is 1.38 bits per heavy atom. The van der Waals surface area contributed by atoms with Crippen LogP contribution in [0.1, 0.15) is 27.7 Å². The van der Waals surface area contributed by atoms with Crippen LogP contribution in [0, 0.1) is 0 Å². The fourth-order valence-electron chi connectivity index (χ4n) is 1.92. The first-order valence-electron chi connectivity index (χ1n) is 7.36. The van der Waals surface area contributed by atoms with E-state index in [9.17, 15) is 9.59 Å². The molecule has 2 heterocycles. The van der Waals surface area contributed by atoms with E-state index < -0.39 is 17.7 Å². The van der Waals surface area contributed by atoms with Gasteiger partial charge in [-0.05, 0) is 27.7 Å². The SMILES string of the molecule is CCN(NC(=O)OC(C)(C)C)c1ncc2ncn(CC(=O)O)c2n1. The van der Waals surface area contributed by atoms with E-state index in [1.54, 1.807) is 27.7 Å². The molecule has 10 nitrogen and oxygen atoms in total. The van der Waals surface area contributed by atoms with Gasteiger partial charge >= 0.3 is 12.1 Å². The third-order valence-electron chi connectivity index (χ3n) is 2.83. The second-order valence-electron chi connectivity index (χ2n) is 6.00. The Morgan fingerprint density at radius 2 is 2.08 bits per heavy atom. The van der Waals surface area contributed by atoms with Crippen molar-refractivity contribution in [3.63, 3.8) is 0 Å². The topological polar surface area (TPSA) is 122 Å². The number of aliphatic carboxylic acids is 1. The highest BCUT2D eigenvalue weighted by Gasteiger charge is 2.20. The van der Waals surface area contributed by atoms with Gasteiger partial charge in [0.15, 0.2) is 5.65 Å². The van der Waals surface area contributed by atoms with Gasteiger partial charge in [0.2, 0.25) is 5.95 Å². The van der Waals surface area contributed by atoms with Crippen LogP contribution in [0.4, 0.5) is 10.7 Å². The van der Waals surface area contributed by atoms with Crippen LogP contribution in [-0.2, 0) is 16.1 Å². The van der Waals surface area contributed by atoms with Crippen molar-refractivity contribution >= 4 is 29.2 Å². The van der Waals surface area contributed by atoms with Crippen LogP contribution >= 0.6 is 0 Å². The second-order valence-corrected chi connectivity index (χ2v) is 6.00. The molecule has 10 heteroatoms. The Bertz CT molecular complexity index is 751. The summed E-state index contributed by atoms with van der Waals surface area (Å²) in [5.41, 5.74) is 2.76. The van der Waals surface area contributed by atoms with E-state index in [1.165, 1.54) is 22.1 Å². The average molecular weight is 336 g/mol. The Morgan fingerprint density at radius 3 is 2.67 bits per heavy atom. The molecule has 0 aliphatic rings. The first-order valence-corrected chi connectivity index (χ1v) is 7.36. The number of nitrogens with zero attached hydrogens (tertiary/aromatic N) is 5. The van der Waals surface area contributed by atoms with Gasteiger partial charge in [-0.3, -0.25) is 4.79 Å². The summed E-state index contributed by atoms with van der Waals surface area (Å²) >= 11 is 0. The third-order valence-corrected chi connectivity index (χ3v) is 2.83. The number of hydrogen-bond acceptors (Lipinski definition) is 7. The maximum atomic E-state index is 11.9. The van der Waals surface area contributed by atoms with Gasteiger partial charge < -0.3 is 14.4 Å². The summed E-state index contributed by atoms with van der Waals surface area (Å²) in [5, 5.41) is 10.3. The fraction of sp³-hybridized carbons (Fsp3) is 0.500. The minimum atomic E-state index is -1.01. The molecule has 0 unspecified atom stereocenters. The predicted molar refractivity (Wildman–Crippen MR) is 85.3 cm³/mol. The van der Waals surface area contributed by atoms with Crippen LogP contribution in [-0.4, -0.2) is 48.8 Å². The molecule has 0 saturated heterocycles. The quantitative estimate of drug-likeness (QED) is 0.780. The van der Waals surface area contributed by atoms with Gasteiger partial charge in [0.05, 0.1) is 12.5 Å². The number of hydrazine groups is 1. The summed E-state index contributed by atoms with van der Waals surface area (Å²) in [6.45, 7) is 7.21. The number of anilines is 1. The van der Waals surface area contributed by atoms with E-state index in [0.717, 1.165) is 0 Å². The molecular formula is C14H20N6O4. The predicted octanol–water partition coefficient (Wildman–Crippen LogP) is 1.18. The molecule has 0 spiro atoms. The molecule has 0 aliphatic carbocycles. The van der Waals surface area contributed by atoms with E-state index in [4.69, 9.17) is 9.84 Å². The smallest absolute Gasteiger partial charge is 0.426 e. The molecule has 24 heavy (non-hydrogen) atoms. The van der Waals surface area contributed by atoms with E-state index in [-0.39, 0.29) is 12.5 Å². The molecule has 0 atom stereocenters. The highest BCUT2D eigenvalue weighted by molar-refractivity contribution is 5.75. The van der Waals surface area contributed by atoms with Crippen LogP contribution in [0.3, 0.4) is 0 Å². The van der Waals surface area contributed by atoms with Crippen LogP contribution in [0.2, 0.25) is 0 Å². The lowest BCUT2D eigenvalue weighted by Crippen LogP contribution is -2.45. The number of aromatic nitrogens is 4. The van der Waals surface area contributed by atoms with Crippen molar-refractivity contribution < 1.29 is 19.4 Å². The zero-order valence-electron chi connectivity index (χ0n) is 14.0. The highest BCUT2D eigenvalue weighted by Crippen LogP contribution is 2.14. The number of carboxylic acids is 1. The standard InChI is InChI=1S/C14H20N6O4/c1-5-20(18-13(23)24-14(2,3)4)12-15-6-9-11(17-12)19(8-16-9)7-10(21)22/h6,8H,5,7H2,1-4H3,(H,18,23)(H,21,22). The lowest BCUT2D eigenvalue weighted by molar-refractivity contribution is -0.137. The fourth-order valence-corrected chi connectivity index (χ4v) is 1.92. The van der Waals surface area contributed by atoms with Gasteiger partial charge in [0.1, 0.15) is 17.7 Å². The number of carboxylic acid groups (broad SMARTS) is 1. The van der Waals surface area contributed by atoms with Crippen LogP contribution in [0.15, 0.2) is 12.5 Å².